The average molecular weight is 1130 g/mol. The highest BCUT2D eigenvalue weighted by atomic mass is 16.6. The van der Waals surface area contributed by atoms with Crippen LogP contribution in [0.15, 0.2) is 24.3 Å². The zero-order chi connectivity index (χ0) is 57.8. The Labute approximate surface area is 500 Å². The monoisotopic (exact) mass is 1130 g/mol. The van der Waals surface area contributed by atoms with Gasteiger partial charge >= 0.3 is 17.9 Å². The third kappa shape index (κ3) is 66.7. The molecule has 0 heterocycles. The van der Waals surface area contributed by atoms with Crippen molar-refractivity contribution in [2.75, 3.05) is 13.2 Å². The SMILES string of the molecule is CCCCCCC/C=C\CCCCCCCC(=O)OCC(COC(=O)CCCCCCCCCCCCCCC/C=C\CCCCCCCCCC)OC(=O)CCCCCCCCCCCCCCCCCCCCCCCCC. The summed E-state index contributed by atoms with van der Waals surface area (Å²) in [5.41, 5.74) is 0. The molecule has 0 aromatic heterocycles. The smallest absolute Gasteiger partial charge is 0.306 e. The van der Waals surface area contributed by atoms with Gasteiger partial charge in [-0.15, -0.1) is 0 Å². The zero-order valence-corrected chi connectivity index (χ0v) is 54.4. The van der Waals surface area contributed by atoms with Gasteiger partial charge in [-0.3, -0.25) is 14.4 Å². The van der Waals surface area contributed by atoms with Crippen molar-refractivity contribution in [1.82, 2.24) is 0 Å². The molecular weight excluding hydrogens is 985 g/mol. The molecule has 0 amide bonds. The van der Waals surface area contributed by atoms with Gasteiger partial charge < -0.3 is 14.2 Å². The second-order valence-electron chi connectivity index (χ2n) is 24.9. The molecule has 1 unspecified atom stereocenters. The molecule has 0 spiro atoms. The Bertz CT molecular complexity index is 1290. The molecule has 472 valence electrons. The van der Waals surface area contributed by atoms with Crippen LogP contribution in [0.1, 0.15) is 412 Å². The van der Waals surface area contributed by atoms with Gasteiger partial charge in [-0.25, -0.2) is 0 Å². The van der Waals surface area contributed by atoms with Gasteiger partial charge in [-0.1, -0.05) is 347 Å². The second kappa shape index (κ2) is 69.4. The minimum Gasteiger partial charge on any atom is -0.462 e. The van der Waals surface area contributed by atoms with Gasteiger partial charge in [-0.05, 0) is 70.6 Å². The van der Waals surface area contributed by atoms with Crippen molar-refractivity contribution in [2.45, 2.75) is 419 Å². The van der Waals surface area contributed by atoms with Gasteiger partial charge in [-0.2, -0.15) is 0 Å². The fourth-order valence-electron chi connectivity index (χ4n) is 11.2. The van der Waals surface area contributed by atoms with E-state index in [9.17, 15) is 14.4 Å². The van der Waals surface area contributed by atoms with E-state index in [1.165, 1.54) is 308 Å². The third-order valence-corrected chi connectivity index (χ3v) is 16.7. The standard InChI is InChI=1S/C74H140O6/c1-4-7-10-13-16-19-22-25-28-30-32-34-36-37-39-40-42-44-46-49-52-55-58-61-64-67-73(76)79-70-71(69-78-72(75)66-63-60-57-54-51-48-27-24-21-18-15-12-9-6-3)80-74(77)68-65-62-59-56-53-50-47-45-43-41-38-35-33-31-29-26-23-20-17-14-11-8-5-2/h24,27,30,32,71H,4-23,25-26,28-29,31,33-70H2,1-3H3/b27-24-,32-30-. The number of carbonyl (C=O) groups excluding carboxylic acids is 3. The Morgan fingerprint density at radius 3 is 0.625 bits per heavy atom. The number of unbranched alkanes of at least 4 members (excludes halogenated alkanes) is 53. The van der Waals surface area contributed by atoms with Crippen LogP contribution >= 0.6 is 0 Å². The summed E-state index contributed by atoms with van der Waals surface area (Å²) >= 11 is 0. The number of hydrogen-bond acceptors (Lipinski definition) is 6. The molecule has 0 aliphatic heterocycles. The van der Waals surface area contributed by atoms with Crippen LogP contribution in [0.4, 0.5) is 0 Å². The number of carbonyl (C=O) groups is 3. The Morgan fingerprint density at radius 2 is 0.412 bits per heavy atom. The normalized spacial score (nSPS) is 12.1. The lowest BCUT2D eigenvalue weighted by Gasteiger charge is -2.18. The molecule has 80 heavy (non-hydrogen) atoms. The first-order chi connectivity index (χ1) is 39.5. The molecule has 6 heteroatoms. The van der Waals surface area contributed by atoms with Crippen LogP contribution in [0.5, 0.6) is 0 Å². The van der Waals surface area contributed by atoms with Gasteiger partial charge in [0.1, 0.15) is 13.2 Å². The van der Waals surface area contributed by atoms with Crippen LogP contribution in [0.3, 0.4) is 0 Å². The molecular formula is C74H140O6. The highest BCUT2D eigenvalue weighted by Crippen LogP contribution is 2.19. The van der Waals surface area contributed by atoms with Crippen LogP contribution in [-0.2, 0) is 28.6 Å². The Balaban J connectivity index is 4.23. The maximum Gasteiger partial charge on any atom is 0.306 e. The van der Waals surface area contributed by atoms with E-state index < -0.39 is 6.10 Å². The van der Waals surface area contributed by atoms with Crippen molar-refractivity contribution in [3.63, 3.8) is 0 Å². The van der Waals surface area contributed by atoms with E-state index in [1.807, 2.05) is 0 Å². The van der Waals surface area contributed by atoms with E-state index in [-0.39, 0.29) is 31.1 Å². The maximum atomic E-state index is 13.0. The molecule has 1 atom stereocenters. The lowest BCUT2D eigenvalue weighted by Crippen LogP contribution is -2.30. The largest absolute Gasteiger partial charge is 0.462 e. The van der Waals surface area contributed by atoms with Gasteiger partial charge in [0.05, 0.1) is 0 Å². The van der Waals surface area contributed by atoms with Gasteiger partial charge in [0, 0.05) is 19.3 Å². The molecule has 0 aromatic rings. The van der Waals surface area contributed by atoms with Gasteiger partial charge in [0.15, 0.2) is 6.10 Å². The fraction of sp³-hybridized carbons (Fsp3) is 0.905. The van der Waals surface area contributed by atoms with Crippen LogP contribution in [0.2, 0.25) is 0 Å². The predicted molar refractivity (Wildman–Crippen MR) is 349 cm³/mol. The number of rotatable bonds is 68. The first-order valence-corrected chi connectivity index (χ1v) is 36.3. The van der Waals surface area contributed by atoms with E-state index in [1.54, 1.807) is 0 Å². The van der Waals surface area contributed by atoms with Crippen LogP contribution < -0.4 is 0 Å². The highest BCUT2D eigenvalue weighted by Gasteiger charge is 2.19. The van der Waals surface area contributed by atoms with E-state index in [2.05, 4.69) is 45.1 Å². The zero-order valence-electron chi connectivity index (χ0n) is 54.4. The van der Waals surface area contributed by atoms with Crippen molar-refractivity contribution in [3.05, 3.63) is 24.3 Å². The number of esters is 3. The lowest BCUT2D eigenvalue weighted by molar-refractivity contribution is -0.167. The molecule has 0 saturated carbocycles. The van der Waals surface area contributed by atoms with Crippen molar-refractivity contribution >= 4 is 17.9 Å². The minimum absolute atomic E-state index is 0.0681. The van der Waals surface area contributed by atoms with Gasteiger partial charge in [0.2, 0.25) is 0 Å². The topological polar surface area (TPSA) is 78.9 Å². The summed E-state index contributed by atoms with van der Waals surface area (Å²) < 4.78 is 17.0. The Morgan fingerprint density at radius 1 is 0.237 bits per heavy atom. The quantitative estimate of drug-likeness (QED) is 0.0261. The summed E-state index contributed by atoms with van der Waals surface area (Å²) in [5, 5.41) is 0. The number of ether oxygens (including phenoxy) is 3. The van der Waals surface area contributed by atoms with Crippen LogP contribution in [0.25, 0.3) is 0 Å². The molecule has 0 rings (SSSR count). The summed E-state index contributed by atoms with van der Waals surface area (Å²) in [4.78, 5) is 38.5. The van der Waals surface area contributed by atoms with Crippen LogP contribution in [-0.4, -0.2) is 37.2 Å². The Kier molecular flexibility index (Phi) is 67.6. The summed E-state index contributed by atoms with van der Waals surface area (Å²) in [5.74, 6) is -0.844. The molecule has 0 radical (unpaired) electrons. The molecule has 0 N–H and O–H groups in total. The van der Waals surface area contributed by atoms with Crippen molar-refractivity contribution in [3.8, 4) is 0 Å². The highest BCUT2D eigenvalue weighted by molar-refractivity contribution is 5.71. The first-order valence-electron chi connectivity index (χ1n) is 36.3. The molecule has 0 fully saturated rings. The average Bonchev–Trinajstić information content (AvgIpc) is 3.46. The molecule has 0 aliphatic carbocycles. The first kappa shape index (κ1) is 77.9. The molecule has 0 aliphatic rings. The number of allylic oxidation sites excluding steroid dienone is 4. The molecule has 0 bridgehead atoms. The second-order valence-corrected chi connectivity index (χ2v) is 24.9. The Hall–Kier alpha value is -2.11. The number of hydrogen-bond donors (Lipinski definition) is 0. The van der Waals surface area contributed by atoms with E-state index >= 15 is 0 Å². The third-order valence-electron chi connectivity index (χ3n) is 16.7. The maximum absolute atomic E-state index is 13.0. The summed E-state index contributed by atoms with van der Waals surface area (Å²) in [6.45, 7) is 6.71. The van der Waals surface area contributed by atoms with E-state index in [0.717, 1.165) is 64.2 Å². The van der Waals surface area contributed by atoms with Crippen molar-refractivity contribution in [1.29, 1.82) is 0 Å². The predicted octanol–water partition coefficient (Wildman–Crippen LogP) is 25.0. The summed E-state index contributed by atoms with van der Waals surface area (Å²) in [6, 6.07) is 0. The minimum atomic E-state index is -0.772. The van der Waals surface area contributed by atoms with Crippen LogP contribution in [0, 0.1) is 0 Å². The lowest BCUT2D eigenvalue weighted by atomic mass is 10.0. The summed E-state index contributed by atoms with van der Waals surface area (Å²) in [6.07, 6.45) is 85.0. The van der Waals surface area contributed by atoms with E-state index in [4.69, 9.17) is 14.2 Å². The molecule has 0 aromatic carbocycles. The fourth-order valence-corrected chi connectivity index (χ4v) is 11.2. The molecule has 6 nitrogen and oxygen atoms in total. The van der Waals surface area contributed by atoms with Gasteiger partial charge in [0.25, 0.3) is 0 Å². The van der Waals surface area contributed by atoms with E-state index in [0.29, 0.717) is 19.3 Å². The summed E-state index contributed by atoms with van der Waals surface area (Å²) in [7, 11) is 0. The van der Waals surface area contributed by atoms with Crippen molar-refractivity contribution in [2.24, 2.45) is 0 Å². The van der Waals surface area contributed by atoms with Crippen molar-refractivity contribution < 1.29 is 28.6 Å². The molecule has 0 saturated heterocycles.